The molecule has 1 amide bonds. The third-order valence-corrected chi connectivity index (χ3v) is 5.79. The Labute approximate surface area is 172 Å². The summed E-state index contributed by atoms with van der Waals surface area (Å²) >= 11 is 0. The van der Waals surface area contributed by atoms with Crippen LogP contribution in [0.15, 0.2) is 40.9 Å². The third-order valence-electron chi connectivity index (χ3n) is 5.79. The van der Waals surface area contributed by atoms with Crippen LogP contribution in [0.25, 0.3) is 0 Å². The van der Waals surface area contributed by atoms with Crippen LogP contribution in [0.1, 0.15) is 44.6 Å². The number of phenolic OH excluding ortho intramolecular Hbond substituents is 1. The Balaban J connectivity index is 1.98. The minimum Gasteiger partial charge on any atom is -0.502 e. The number of rotatable bonds is 2. The van der Waals surface area contributed by atoms with E-state index in [0.717, 1.165) is 5.70 Å². The lowest BCUT2D eigenvalue weighted by Gasteiger charge is -2.46. The SMILES string of the molecule is CC1(C)CC(=O)C2=C(C1)N1CCC(=O)NC1=C(C#N)C2c1ccc(O)c([N+](=O)[O-])c1. The van der Waals surface area contributed by atoms with Gasteiger partial charge < -0.3 is 15.3 Å². The van der Waals surface area contributed by atoms with Gasteiger partial charge in [-0.25, -0.2) is 0 Å². The maximum Gasteiger partial charge on any atom is 0.311 e. The summed E-state index contributed by atoms with van der Waals surface area (Å²) in [6, 6.07) is 5.97. The van der Waals surface area contributed by atoms with Crippen molar-refractivity contribution < 1.29 is 19.6 Å². The Morgan fingerprint density at radius 1 is 1.33 bits per heavy atom. The van der Waals surface area contributed by atoms with Crippen LogP contribution < -0.4 is 5.32 Å². The molecule has 9 heteroatoms. The molecular weight excluding hydrogens is 388 g/mol. The first-order valence-electron chi connectivity index (χ1n) is 9.58. The van der Waals surface area contributed by atoms with Crippen molar-refractivity contribution in [3.05, 3.63) is 56.5 Å². The molecule has 2 N–H and O–H groups in total. The van der Waals surface area contributed by atoms with Gasteiger partial charge in [0.1, 0.15) is 5.82 Å². The number of nitro groups is 1. The number of carbonyl (C=O) groups excluding carboxylic acids is 2. The first kappa shape index (κ1) is 19.6. The second kappa shape index (κ2) is 6.69. The topological polar surface area (TPSA) is 137 Å². The van der Waals surface area contributed by atoms with E-state index in [4.69, 9.17) is 0 Å². The van der Waals surface area contributed by atoms with Crippen LogP contribution in [-0.4, -0.2) is 33.2 Å². The van der Waals surface area contributed by atoms with Gasteiger partial charge in [0.15, 0.2) is 11.5 Å². The molecule has 0 bridgehead atoms. The highest BCUT2D eigenvalue weighted by atomic mass is 16.6. The number of carbonyl (C=O) groups is 2. The fraction of sp³-hybridized carbons (Fsp3) is 0.381. The van der Waals surface area contributed by atoms with Crippen LogP contribution in [0.2, 0.25) is 0 Å². The molecule has 0 saturated carbocycles. The van der Waals surface area contributed by atoms with Crippen molar-refractivity contribution in [3.63, 3.8) is 0 Å². The van der Waals surface area contributed by atoms with E-state index in [0.29, 0.717) is 29.9 Å². The molecule has 1 unspecified atom stereocenters. The normalized spacial score (nSPS) is 22.8. The van der Waals surface area contributed by atoms with Crippen molar-refractivity contribution in [1.29, 1.82) is 5.26 Å². The molecule has 154 valence electrons. The number of nitrogens with one attached hydrogen (secondary N) is 1. The van der Waals surface area contributed by atoms with Gasteiger partial charge in [0.25, 0.3) is 0 Å². The summed E-state index contributed by atoms with van der Waals surface area (Å²) in [5.74, 6) is -1.36. The minimum absolute atomic E-state index is 0.120. The van der Waals surface area contributed by atoms with Gasteiger partial charge >= 0.3 is 5.69 Å². The second-order valence-corrected chi connectivity index (χ2v) is 8.56. The van der Waals surface area contributed by atoms with Gasteiger partial charge in [-0.3, -0.25) is 19.7 Å². The molecule has 4 rings (SSSR count). The fourth-order valence-corrected chi connectivity index (χ4v) is 4.54. The molecule has 30 heavy (non-hydrogen) atoms. The zero-order chi connectivity index (χ0) is 21.8. The molecule has 1 aromatic rings. The number of benzene rings is 1. The van der Waals surface area contributed by atoms with E-state index in [-0.39, 0.29) is 35.5 Å². The van der Waals surface area contributed by atoms with E-state index in [1.165, 1.54) is 18.2 Å². The van der Waals surface area contributed by atoms with Crippen molar-refractivity contribution in [2.24, 2.45) is 5.41 Å². The monoisotopic (exact) mass is 408 g/mol. The standard InChI is InChI=1S/C21H20N4O5/c1-21(2)8-14-19(16(27)9-21)18(11-3-4-15(26)13(7-11)25(29)30)12(10-22)20-23-17(28)5-6-24(14)20/h3-4,7,18,26H,5-6,8-9H2,1-2H3,(H,23,28). The molecule has 9 nitrogen and oxygen atoms in total. The summed E-state index contributed by atoms with van der Waals surface area (Å²) in [4.78, 5) is 37.8. The summed E-state index contributed by atoms with van der Waals surface area (Å²) in [7, 11) is 0. The van der Waals surface area contributed by atoms with E-state index < -0.39 is 22.3 Å². The molecule has 1 aromatic carbocycles. The Hall–Kier alpha value is -3.67. The Morgan fingerprint density at radius 2 is 2.07 bits per heavy atom. The Morgan fingerprint density at radius 3 is 2.73 bits per heavy atom. The van der Waals surface area contributed by atoms with Crippen LogP contribution in [0.4, 0.5) is 5.69 Å². The number of Topliss-reactive ketones (excluding diaryl/α,β-unsaturated/α-hetero) is 1. The van der Waals surface area contributed by atoms with Crippen molar-refractivity contribution in [1.82, 2.24) is 10.2 Å². The number of allylic oxidation sites excluding steroid dienone is 3. The number of hydrogen-bond acceptors (Lipinski definition) is 7. The van der Waals surface area contributed by atoms with Gasteiger partial charge in [0, 0.05) is 36.7 Å². The molecule has 1 fully saturated rings. The molecule has 0 spiro atoms. The lowest BCUT2D eigenvalue weighted by molar-refractivity contribution is -0.385. The second-order valence-electron chi connectivity index (χ2n) is 8.56. The number of nitro benzene ring substituents is 1. The maximum absolute atomic E-state index is 13.2. The number of nitriles is 1. The number of nitrogens with zero attached hydrogens (tertiary/aromatic N) is 3. The molecule has 1 aliphatic carbocycles. The van der Waals surface area contributed by atoms with Crippen LogP contribution in [-0.2, 0) is 9.59 Å². The number of amides is 1. The van der Waals surface area contributed by atoms with Gasteiger partial charge in [0.05, 0.1) is 22.5 Å². The highest BCUT2D eigenvalue weighted by molar-refractivity contribution is 6.00. The van der Waals surface area contributed by atoms with Crippen molar-refractivity contribution in [3.8, 4) is 11.8 Å². The van der Waals surface area contributed by atoms with Crippen molar-refractivity contribution in [2.75, 3.05) is 6.54 Å². The molecule has 0 aromatic heterocycles. The number of fused-ring (bicyclic) bond motifs is 2. The van der Waals surface area contributed by atoms with Gasteiger partial charge in [-0.2, -0.15) is 5.26 Å². The average molecular weight is 408 g/mol. The van der Waals surface area contributed by atoms with Crippen LogP contribution in [0, 0.1) is 26.9 Å². The minimum atomic E-state index is -0.849. The van der Waals surface area contributed by atoms with E-state index in [9.17, 15) is 30.1 Å². The highest BCUT2D eigenvalue weighted by Gasteiger charge is 2.46. The number of phenols is 1. The largest absolute Gasteiger partial charge is 0.502 e. The first-order valence-corrected chi connectivity index (χ1v) is 9.58. The average Bonchev–Trinajstić information content (AvgIpc) is 2.66. The van der Waals surface area contributed by atoms with Gasteiger partial charge in [-0.15, -0.1) is 0 Å². The van der Waals surface area contributed by atoms with Crippen LogP contribution in [0.3, 0.4) is 0 Å². The van der Waals surface area contributed by atoms with Crippen molar-refractivity contribution in [2.45, 2.75) is 39.0 Å². The summed E-state index contributed by atoms with van der Waals surface area (Å²) in [5, 5.41) is 33.9. The summed E-state index contributed by atoms with van der Waals surface area (Å²) in [5.41, 5.74) is 0.892. The van der Waals surface area contributed by atoms with Gasteiger partial charge in [-0.1, -0.05) is 19.9 Å². The molecule has 2 heterocycles. The van der Waals surface area contributed by atoms with Crippen LogP contribution in [0.5, 0.6) is 5.75 Å². The van der Waals surface area contributed by atoms with Gasteiger partial charge in [0.2, 0.25) is 5.91 Å². The van der Waals surface area contributed by atoms with E-state index in [2.05, 4.69) is 11.4 Å². The lowest BCUT2D eigenvalue weighted by Crippen LogP contribution is -2.49. The number of aromatic hydroxyl groups is 1. The quantitative estimate of drug-likeness (QED) is 0.567. The smallest absolute Gasteiger partial charge is 0.311 e. The number of ketones is 1. The Kier molecular flexibility index (Phi) is 4.38. The van der Waals surface area contributed by atoms with Crippen LogP contribution >= 0.6 is 0 Å². The molecule has 1 atom stereocenters. The van der Waals surface area contributed by atoms with E-state index in [1.807, 2.05) is 18.7 Å². The summed E-state index contributed by atoms with van der Waals surface area (Å²) in [6.45, 7) is 4.33. The molecule has 1 saturated heterocycles. The predicted molar refractivity (Wildman–Crippen MR) is 105 cm³/mol. The predicted octanol–water partition coefficient (Wildman–Crippen LogP) is 2.60. The maximum atomic E-state index is 13.2. The Bertz CT molecular complexity index is 1110. The molecule has 3 aliphatic rings. The van der Waals surface area contributed by atoms with Gasteiger partial charge in [-0.05, 0) is 23.5 Å². The fourth-order valence-electron chi connectivity index (χ4n) is 4.54. The summed E-state index contributed by atoms with van der Waals surface area (Å²) < 4.78 is 0. The lowest BCUT2D eigenvalue weighted by atomic mass is 9.68. The third kappa shape index (κ3) is 3.01. The van der Waals surface area contributed by atoms with Crippen molar-refractivity contribution >= 4 is 17.4 Å². The number of hydrogen-bond donors (Lipinski definition) is 2. The highest BCUT2D eigenvalue weighted by Crippen LogP contribution is 2.50. The molecule has 0 radical (unpaired) electrons. The molecule has 2 aliphatic heterocycles. The summed E-state index contributed by atoms with van der Waals surface area (Å²) in [6.07, 6.45) is 1.10. The first-order chi connectivity index (χ1) is 14.1. The zero-order valence-corrected chi connectivity index (χ0v) is 16.6. The van der Waals surface area contributed by atoms with E-state index >= 15 is 0 Å². The van der Waals surface area contributed by atoms with E-state index in [1.54, 1.807) is 0 Å². The zero-order valence-electron chi connectivity index (χ0n) is 16.6. The molecular formula is C21H20N4O5.